The first-order valence-electron chi connectivity index (χ1n) is 4.98. The summed E-state index contributed by atoms with van der Waals surface area (Å²) < 4.78 is 15.0. The van der Waals surface area contributed by atoms with Gasteiger partial charge in [-0.05, 0) is 25.1 Å². The number of rotatable bonds is 2. The molecule has 16 heavy (non-hydrogen) atoms. The Morgan fingerprint density at radius 1 is 1.50 bits per heavy atom. The lowest BCUT2D eigenvalue weighted by Crippen LogP contribution is -1.97. The summed E-state index contributed by atoms with van der Waals surface area (Å²) in [4.78, 5) is 11.0. The van der Waals surface area contributed by atoms with Gasteiger partial charge in [-0.15, -0.1) is 0 Å². The highest BCUT2D eigenvalue weighted by molar-refractivity contribution is 6.03. The van der Waals surface area contributed by atoms with Crippen molar-refractivity contribution in [3.8, 4) is 0 Å². The average Bonchev–Trinajstić information content (AvgIpc) is 2.56. The quantitative estimate of drug-likeness (QED) is 0.847. The summed E-state index contributed by atoms with van der Waals surface area (Å²) in [5.41, 5.74) is 1.43. The van der Waals surface area contributed by atoms with E-state index in [1.807, 2.05) is 0 Å². The van der Waals surface area contributed by atoms with E-state index < -0.39 is 12.1 Å². The average molecular weight is 221 g/mol. The van der Waals surface area contributed by atoms with Gasteiger partial charge in [-0.2, -0.15) is 0 Å². The number of nitrogens with zero attached hydrogens (tertiary/aromatic N) is 1. The molecule has 2 aromatic rings. The number of halogens is 1. The number of alkyl halides is 1. The maximum Gasteiger partial charge on any atom is 0.336 e. The van der Waals surface area contributed by atoms with Crippen LogP contribution in [0.2, 0.25) is 0 Å². The summed E-state index contributed by atoms with van der Waals surface area (Å²) in [5, 5.41) is 9.60. The molecule has 0 spiro atoms. The van der Waals surface area contributed by atoms with Crippen LogP contribution in [0, 0.1) is 0 Å². The monoisotopic (exact) mass is 221 g/mol. The van der Waals surface area contributed by atoms with E-state index in [9.17, 15) is 9.18 Å². The number of aromatic carboxylic acids is 1. The van der Waals surface area contributed by atoms with Gasteiger partial charge in [0.25, 0.3) is 0 Å². The zero-order valence-corrected chi connectivity index (χ0v) is 9.07. The van der Waals surface area contributed by atoms with Crippen molar-refractivity contribution in [2.45, 2.75) is 13.1 Å². The van der Waals surface area contributed by atoms with Crippen LogP contribution in [-0.4, -0.2) is 15.6 Å². The third-order valence-corrected chi connectivity index (χ3v) is 2.76. The summed E-state index contributed by atoms with van der Waals surface area (Å²) in [6.45, 7) is 1.44. The molecule has 1 N–H and O–H groups in total. The van der Waals surface area contributed by atoms with Gasteiger partial charge in [0.2, 0.25) is 0 Å². The van der Waals surface area contributed by atoms with Crippen LogP contribution in [0.1, 0.15) is 29.1 Å². The first kappa shape index (κ1) is 10.7. The Bertz CT molecular complexity index is 557. The molecule has 0 aliphatic heterocycles. The normalized spacial score (nSPS) is 12.9. The SMILES string of the molecule is CC(F)c1cc2c(C(=O)O)cccc2n1C. The topological polar surface area (TPSA) is 42.2 Å². The second kappa shape index (κ2) is 3.63. The molecule has 0 aliphatic rings. The number of carboxylic acids is 1. The lowest BCUT2D eigenvalue weighted by molar-refractivity contribution is 0.0699. The number of aromatic nitrogens is 1. The van der Waals surface area contributed by atoms with Gasteiger partial charge in [-0.25, -0.2) is 9.18 Å². The third-order valence-electron chi connectivity index (χ3n) is 2.76. The molecule has 1 unspecified atom stereocenters. The molecule has 0 radical (unpaired) electrons. The maximum atomic E-state index is 13.3. The van der Waals surface area contributed by atoms with E-state index in [2.05, 4.69) is 0 Å². The van der Waals surface area contributed by atoms with Crippen LogP contribution in [0.5, 0.6) is 0 Å². The molecule has 0 saturated heterocycles. The molecule has 0 bridgehead atoms. The van der Waals surface area contributed by atoms with Crippen molar-refractivity contribution in [3.05, 3.63) is 35.5 Å². The van der Waals surface area contributed by atoms with E-state index in [0.717, 1.165) is 5.52 Å². The Labute approximate surface area is 92.1 Å². The Balaban J connectivity index is 2.80. The largest absolute Gasteiger partial charge is 0.478 e. The summed E-state index contributed by atoms with van der Waals surface area (Å²) in [5.74, 6) is -0.991. The van der Waals surface area contributed by atoms with Gasteiger partial charge < -0.3 is 9.67 Å². The molecular formula is C12H12FNO2. The van der Waals surface area contributed by atoms with Crippen molar-refractivity contribution in [1.29, 1.82) is 0 Å². The van der Waals surface area contributed by atoms with Crippen molar-refractivity contribution in [1.82, 2.24) is 4.57 Å². The number of carboxylic acid groups (broad SMARTS) is 1. The van der Waals surface area contributed by atoms with Crippen molar-refractivity contribution >= 4 is 16.9 Å². The Kier molecular flexibility index (Phi) is 2.42. The fraction of sp³-hybridized carbons (Fsp3) is 0.250. The fourth-order valence-corrected chi connectivity index (χ4v) is 1.95. The van der Waals surface area contributed by atoms with Crippen LogP contribution >= 0.6 is 0 Å². The summed E-state index contributed by atoms with van der Waals surface area (Å²) >= 11 is 0. The van der Waals surface area contributed by atoms with E-state index in [1.54, 1.807) is 29.8 Å². The Morgan fingerprint density at radius 2 is 2.19 bits per heavy atom. The predicted octanol–water partition coefficient (Wildman–Crippen LogP) is 2.91. The van der Waals surface area contributed by atoms with Crippen LogP contribution < -0.4 is 0 Å². The molecule has 1 aromatic carbocycles. The molecule has 3 nitrogen and oxygen atoms in total. The molecule has 1 heterocycles. The van der Waals surface area contributed by atoms with Crippen LogP contribution in [-0.2, 0) is 7.05 Å². The summed E-state index contributed by atoms with van der Waals surface area (Å²) in [6, 6.07) is 6.58. The van der Waals surface area contributed by atoms with Crippen LogP contribution in [0.15, 0.2) is 24.3 Å². The number of carbonyl (C=O) groups is 1. The van der Waals surface area contributed by atoms with Gasteiger partial charge in [0.15, 0.2) is 0 Å². The van der Waals surface area contributed by atoms with Gasteiger partial charge in [0, 0.05) is 18.0 Å². The summed E-state index contributed by atoms with van der Waals surface area (Å²) in [7, 11) is 1.74. The Morgan fingerprint density at radius 3 is 2.75 bits per heavy atom. The van der Waals surface area contributed by atoms with Gasteiger partial charge in [0.05, 0.1) is 11.3 Å². The standard InChI is InChI=1S/C12H12FNO2/c1-7(13)11-6-9-8(12(15)16)4-3-5-10(9)14(11)2/h3-7H,1-2H3,(H,15,16). The number of hydrogen-bond acceptors (Lipinski definition) is 1. The Hall–Kier alpha value is -1.84. The molecule has 0 fully saturated rings. The van der Waals surface area contributed by atoms with E-state index in [4.69, 9.17) is 5.11 Å². The van der Waals surface area contributed by atoms with Crippen LogP contribution in [0.25, 0.3) is 10.9 Å². The van der Waals surface area contributed by atoms with Gasteiger partial charge in [0.1, 0.15) is 6.17 Å². The van der Waals surface area contributed by atoms with E-state index in [0.29, 0.717) is 11.1 Å². The van der Waals surface area contributed by atoms with E-state index in [-0.39, 0.29) is 5.56 Å². The molecule has 0 aliphatic carbocycles. The predicted molar refractivity (Wildman–Crippen MR) is 59.4 cm³/mol. The number of hydrogen-bond donors (Lipinski definition) is 1. The minimum Gasteiger partial charge on any atom is -0.478 e. The lowest BCUT2D eigenvalue weighted by Gasteiger charge is -2.04. The first-order valence-corrected chi connectivity index (χ1v) is 4.98. The van der Waals surface area contributed by atoms with Gasteiger partial charge in [-0.1, -0.05) is 6.07 Å². The van der Waals surface area contributed by atoms with E-state index >= 15 is 0 Å². The van der Waals surface area contributed by atoms with Crippen molar-refractivity contribution < 1.29 is 14.3 Å². The minimum atomic E-state index is -1.11. The summed E-state index contributed by atoms with van der Waals surface area (Å²) in [6.07, 6.45) is -1.11. The highest BCUT2D eigenvalue weighted by atomic mass is 19.1. The van der Waals surface area contributed by atoms with Gasteiger partial charge >= 0.3 is 5.97 Å². The smallest absolute Gasteiger partial charge is 0.336 e. The molecular weight excluding hydrogens is 209 g/mol. The molecule has 0 saturated carbocycles. The van der Waals surface area contributed by atoms with Crippen LogP contribution in [0.4, 0.5) is 4.39 Å². The highest BCUT2D eigenvalue weighted by Crippen LogP contribution is 2.27. The molecule has 4 heteroatoms. The second-order valence-corrected chi connectivity index (χ2v) is 3.79. The zero-order valence-electron chi connectivity index (χ0n) is 9.07. The van der Waals surface area contributed by atoms with E-state index in [1.165, 1.54) is 13.0 Å². The molecule has 1 aromatic heterocycles. The van der Waals surface area contributed by atoms with Crippen molar-refractivity contribution in [3.63, 3.8) is 0 Å². The number of fused-ring (bicyclic) bond motifs is 1. The van der Waals surface area contributed by atoms with Crippen molar-refractivity contribution in [2.75, 3.05) is 0 Å². The fourth-order valence-electron chi connectivity index (χ4n) is 1.95. The van der Waals surface area contributed by atoms with Gasteiger partial charge in [-0.3, -0.25) is 0 Å². The maximum absolute atomic E-state index is 13.3. The molecule has 1 atom stereocenters. The molecule has 84 valence electrons. The van der Waals surface area contributed by atoms with Crippen LogP contribution in [0.3, 0.4) is 0 Å². The minimum absolute atomic E-state index is 0.208. The lowest BCUT2D eigenvalue weighted by atomic mass is 10.1. The first-order chi connectivity index (χ1) is 7.52. The molecule has 0 amide bonds. The number of benzene rings is 1. The highest BCUT2D eigenvalue weighted by Gasteiger charge is 2.15. The second-order valence-electron chi connectivity index (χ2n) is 3.79. The zero-order chi connectivity index (χ0) is 11.9. The van der Waals surface area contributed by atoms with Crippen molar-refractivity contribution in [2.24, 2.45) is 7.05 Å². The third kappa shape index (κ3) is 1.46. The molecule has 2 rings (SSSR count). The number of aryl methyl sites for hydroxylation is 1.